The van der Waals surface area contributed by atoms with E-state index in [1.807, 2.05) is 25.1 Å². The minimum Gasteiger partial charge on any atom is -0.346 e. The van der Waals surface area contributed by atoms with E-state index in [0.29, 0.717) is 11.8 Å². The molecule has 2 aromatic rings. The number of benzene rings is 2. The molecule has 0 heterocycles. The third-order valence-corrected chi connectivity index (χ3v) is 4.84. The van der Waals surface area contributed by atoms with Gasteiger partial charge >= 0.3 is 0 Å². The normalized spacial score (nSPS) is 11.7. The molecule has 0 aromatic heterocycles. The topological polar surface area (TPSA) is 90.5 Å². The van der Waals surface area contributed by atoms with E-state index >= 15 is 0 Å². The Labute approximate surface area is 184 Å². The Hall–Kier alpha value is -3.40. The number of carbonyl (C=O) groups excluding carboxylic acids is 3. The van der Waals surface area contributed by atoms with Gasteiger partial charge in [-0.05, 0) is 44.2 Å². The van der Waals surface area contributed by atoms with Crippen molar-refractivity contribution < 1.29 is 27.6 Å². The van der Waals surface area contributed by atoms with Gasteiger partial charge in [-0.3, -0.25) is 19.3 Å². The molecule has 3 N–H and O–H groups in total. The highest BCUT2D eigenvalue weighted by molar-refractivity contribution is 5.96. The summed E-state index contributed by atoms with van der Waals surface area (Å²) in [6.07, 6.45) is 0.752. The van der Waals surface area contributed by atoms with Gasteiger partial charge in [-0.2, -0.15) is 0 Å². The van der Waals surface area contributed by atoms with Gasteiger partial charge in [0.1, 0.15) is 0 Å². The number of para-hydroxylation sites is 1. The molecule has 1 atom stereocenters. The summed E-state index contributed by atoms with van der Waals surface area (Å²) in [5.41, 5.74) is 1.14. The summed E-state index contributed by atoms with van der Waals surface area (Å²) in [6.45, 7) is 2.93. The van der Waals surface area contributed by atoms with E-state index in [4.69, 9.17) is 0 Å². The first-order valence-electron chi connectivity index (χ1n) is 9.93. The lowest BCUT2D eigenvalue weighted by Crippen LogP contribution is -2.47. The quantitative estimate of drug-likeness (QED) is 0.513. The monoisotopic (exact) mass is 450 g/mol. The van der Waals surface area contributed by atoms with E-state index in [0.717, 1.165) is 18.1 Å². The van der Waals surface area contributed by atoms with Gasteiger partial charge in [0.15, 0.2) is 17.5 Å². The van der Waals surface area contributed by atoms with Crippen LogP contribution in [0.4, 0.5) is 24.5 Å². The lowest BCUT2D eigenvalue weighted by molar-refractivity contribution is -0.128. The zero-order valence-electron chi connectivity index (χ0n) is 18.0. The Kier molecular flexibility index (Phi) is 8.77. The number of halogens is 3. The molecule has 2 rings (SSSR count). The molecule has 3 amide bonds. The molecule has 7 nitrogen and oxygen atoms in total. The number of amides is 3. The smallest absolute Gasteiger partial charge is 0.243 e. The molecule has 0 bridgehead atoms. The van der Waals surface area contributed by atoms with Crippen molar-refractivity contribution in [2.45, 2.75) is 26.3 Å². The summed E-state index contributed by atoms with van der Waals surface area (Å²) in [5.74, 6) is -6.30. The van der Waals surface area contributed by atoms with Crippen molar-refractivity contribution in [1.29, 1.82) is 0 Å². The largest absolute Gasteiger partial charge is 0.346 e. The van der Waals surface area contributed by atoms with E-state index in [1.165, 1.54) is 4.90 Å². The van der Waals surface area contributed by atoms with Crippen molar-refractivity contribution in [2.75, 3.05) is 30.8 Å². The maximum Gasteiger partial charge on any atom is 0.243 e. The lowest BCUT2D eigenvalue weighted by Gasteiger charge is -2.23. The molecule has 0 spiro atoms. The van der Waals surface area contributed by atoms with Crippen molar-refractivity contribution in [1.82, 2.24) is 10.2 Å². The summed E-state index contributed by atoms with van der Waals surface area (Å²) in [6, 6.07) is 8.19. The number of rotatable bonds is 9. The van der Waals surface area contributed by atoms with Crippen LogP contribution in [0.5, 0.6) is 0 Å². The van der Waals surface area contributed by atoms with Gasteiger partial charge in [0.25, 0.3) is 0 Å². The number of likely N-dealkylation sites (N-methyl/N-ethyl adjacent to an activating group) is 1. The van der Waals surface area contributed by atoms with Crippen LogP contribution in [0.2, 0.25) is 0 Å². The number of hydrogen-bond donors (Lipinski definition) is 3. The van der Waals surface area contributed by atoms with Crippen LogP contribution in [0.1, 0.15) is 19.4 Å². The Morgan fingerprint density at radius 2 is 1.59 bits per heavy atom. The highest BCUT2D eigenvalue weighted by atomic mass is 19.2. The number of nitrogens with zero attached hydrogens (tertiary/aromatic N) is 1. The molecule has 2 aromatic carbocycles. The van der Waals surface area contributed by atoms with Crippen molar-refractivity contribution in [3.8, 4) is 0 Å². The SMILES string of the molecule is CCc1ccccc1NC(=O)CN(C)C(C)C(=O)NCC(=O)Nc1ccc(F)c(F)c1F. The van der Waals surface area contributed by atoms with E-state index in [-0.39, 0.29) is 12.5 Å². The Bertz CT molecular complexity index is 1000. The first-order chi connectivity index (χ1) is 15.1. The molecule has 0 aliphatic rings. The number of hydrogen-bond acceptors (Lipinski definition) is 4. The van der Waals surface area contributed by atoms with Gasteiger partial charge in [0, 0.05) is 5.69 Å². The number of anilines is 2. The van der Waals surface area contributed by atoms with Crippen LogP contribution in [0, 0.1) is 17.5 Å². The number of aryl methyl sites for hydroxylation is 1. The van der Waals surface area contributed by atoms with Crippen LogP contribution >= 0.6 is 0 Å². The summed E-state index contributed by atoms with van der Waals surface area (Å²) in [5, 5.41) is 7.22. The van der Waals surface area contributed by atoms with Crippen molar-refractivity contribution >= 4 is 29.1 Å². The average molecular weight is 450 g/mol. The first-order valence-corrected chi connectivity index (χ1v) is 9.93. The van der Waals surface area contributed by atoms with E-state index < -0.39 is 47.5 Å². The van der Waals surface area contributed by atoms with Crippen LogP contribution in [0.15, 0.2) is 36.4 Å². The van der Waals surface area contributed by atoms with Gasteiger partial charge < -0.3 is 16.0 Å². The molecule has 1 unspecified atom stereocenters. The van der Waals surface area contributed by atoms with Crippen LogP contribution in [-0.4, -0.2) is 48.8 Å². The molecule has 0 aliphatic carbocycles. The zero-order valence-corrected chi connectivity index (χ0v) is 18.0. The minimum atomic E-state index is -1.71. The molecule has 0 radical (unpaired) electrons. The van der Waals surface area contributed by atoms with Crippen molar-refractivity contribution in [3.05, 3.63) is 59.4 Å². The second kappa shape index (κ2) is 11.3. The second-order valence-corrected chi connectivity index (χ2v) is 7.14. The lowest BCUT2D eigenvalue weighted by atomic mass is 10.1. The molecule has 0 fully saturated rings. The summed E-state index contributed by atoms with van der Waals surface area (Å²) >= 11 is 0. The van der Waals surface area contributed by atoms with Crippen LogP contribution in [0.3, 0.4) is 0 Å². The molecule has 32 heavy (non-hydrogen) atoms. The van der Waals surface area contributed by atoms with Gasteiger partial charge in [-0.15, -0.1) is 0 Å². The van der Waals surface area contributed by atoms with Gasteiger partial charge in [-0.1, -0.05) is 25.1 Å². The Balaban J connectivity index is 1.84. The third-order valence-electron chi connectivity index (χ3n) is 4.84. The summed E-state index contributed by atoms with van der Waals surface area (Å²) in [7, 11) is 1.58. The highest BCUT2D eigenvalue weighted by Crippen LogP contribution is 2.19. The molecule has 0 aliphatic heterocycles. The Morgan fingerprint density at radius 1 is 0.938 bits per heavy atom. The van der Waals surface area contributed by atoms with Crippen LogP contribution in [0.25, 0.3) is 0 Å². The van der Waals surface area contributed by atoms with Gasteiger partial charge in [0.05, 0.1) is 24.8 Å². The Morgan fingerprint density at radius 3 is 2.28 bits per heavy atom. The fourth-order valence-corrected chi connectivity index (χ4v) is 2.84. The van der Waals surface area contributed by atoms with Gasteiger partial charge in [-0.25, -0.2) is 13.2 Å². The number of nitrogens with one attached hydrogen (secondary N) is 3. The predicted molar refractivity (Wildman–Crippen MR) is 114 cm³/mol. The fourth-order valence-electron chi connectivity index (χ4n) is 2.84. The van der Waals surface area contributed by atoms with E-state index in [9.17, 15) is 27.6 Å². The summed E-state index contributed by atoms with van der Waals surface area (Å²) < 4.78 is 39.8. The number of carbonyl (C=O) groups is 3. The summed E-state index contributed by atoms with van der Waals surface area (Å²) in [4.78, 5) is 38.0. The van der Waals surface area contributed by atoms with Crippen molar-refractivity contribution in [2.24, 2.45) is 0 Å². The third kappa shape index (κ3) is 6.55. The van der Waals surface area contributed by atoms with Crippen LogP contribution in [-0.2, 0) is 20.8 Å². The fraction of sp³-hybridized carbons (Fsp3) is 0.318. The standard InChI is InChI=1S/C22H25F3N4O3/c1-4-14-7-5-6-8-16(14)27-19(31)12-29(3)13(2)22(32)26-11-18(30)28-17-10-9-15(23)20(24)21(17)25/h5-10,13H,4,11-12H2,1-3H3,(H,26,32)(H,27,31)(H,28,30). The molecule has 0 saturated heterocycles. The molecular formula is C22H25F3N4O3. The van der Waals surface area contributed by atoms with Crippen molar-refractivity contribution in [3.63, 3.8) is 0 Å². The average Bonchev–Trinajstić information content (AvgIpc) is 2.77. The minimum absolute atomic E-state index is 0.0705. The van der Waals surface area contributed by atoms with Gasteiger partial charge in [0.2, 0.25) is 17.7 Å². The maximum absolute atomic E-state index is 13.6. The molecule has 172 valence electrons. The van der Waals surface area contributed by atoms with E-state index in [1.54, 1.807) is 20.0 Å². The van der Waals surface area contributed by atoms with E-state index in [2.05, 4.69) is 16.0 Å². The molecular weight excluding hydrogens is 425 g/mol. The predicted octanol–water partition coefficient (Wildman–Crippen LogP) is 2.68. The highest BCUT2D eigenvalue weighted by Gasteiger charge is 2.21. The maximum atomic E-state index is 13.6. The first kappa shape index (κ1) is 24.9. The molecule has 0 saturated carbocycles. The molecule has 10 heteroatoms. The second-order valence-electron chi connectivity index (χ2n) is 7.14. The van der Waals surface area contributed by atoms with Crippen LogP contribution < -0.4 is 16.0 Å². The zero-order chi connectivity index (χ0) is 23.8.